The van der Waals surface area contributed by atoms with E-state index in [1.807, 2.05) is 0 Å². The maximum absolute atomic E-state index is 12.5. The fourth-order valence-electron chi connectivity index (χ4n) is 3.09. The van der Waals surface area contributed by atoms with Crippen molar-refractivity contribution in [1.82, 2.24) is 0 Å². The van der Waals surface area contributed by atoms with E-state index in [1.54, 1.807) is 12.1 Å². The number of amides is 1. The summed E-state index contributed by atoms with van der Waals surface area (Å²) in [6.45, 7) is 0.328. The summed E-state index contributed by atoms with van der Waals surface area (Å²) in [5, 5.41) is 12.0. The molecule has 1 aromatic carbocycles. The second kappa shape index (κ2) is 4.81. The number of rotatable bonds is 1. The van der Waals surface area contributed by atoms with E-state index in [9.17, 15) is 14.7 Å². The van der Waals surface area contributed by atoms with Gasteiger partial charge in [-0.1, -0.05) is 25.3 Å². The molecule has 1 amide bonds. The number of anilines is 1. The lowest BCUT2D eigenvalue weighted by Gasteiger charge is -2.33. The Hall–Kier alpha value is -2.04. The van der Waals surface area contributed by atoms with Crippen LogP contribution in [0.15, 0.2) is 18.2 Å². The summed E-state index contributed by atoms with van der Waals surface area (Å²) >= 11 is 0. The van der Waals surface area contributed by atoms with Crippen molar-refractivity contribution >= 4 is 17.6 Å². The summed E-state index contributed by atoms with van der Waals surface area (Å²) < 4.78 is 5.76. The van der Waals surface area contributed by atoms with Crippen molar-refractivity contribution in [2.75, 3.05) is 11.9 Å². The van der Waals surface area contributed by atoms with E-state index >= 15 is 0 Å². The van der Waals surface area contributed by atoms with Gasteiger partial charge in [0.1, 0.15) is 12.4 Å². The van der Waals surface area contributed by atoms with Gasteiger partial charge in [-0.3, -0.25) is 4.79 Å². The molecule has 1 heterocycles. The standard InChI is InChI=1S/C15H17NO4/c17-13(18)10-5-4-6-11-12(10)16-14(19)15(9-20-11)7-2-1-3-8-15/h4-6H,1-3,7-9H2,(H,16,19)(H,17,18). The highest BCUT2D eigenvalue weighted by atomic mass is 16.5. The Bertz CT molecular complexity index is 561. The minimum atomic E-state index is -1.06. The number of ether oxygens (including phenoxy) is 1. The van der Waals surface area contributed by atoms with E-state index < -0.39 is 11.4 Å². The number of carboxylic acids is 1. The van der Waals surface area contributed by atoms with Crippen LogP contribution in [-0.4, -0.2) is 23.6 Å². The number of carboxylic acid groups (broad SMARTS) is 1. The Morgan fingerprint density at radius 3 is 2.70 bits per heavy atom. The van der Waals surface area contributed by atoms with E-state index in [-0.39, 0.29) is 17.2 Å². The first kappa shape index (κ1) is 13.0. The summed E-state index contributed by atoms with van der Waals surface area (Å²) in [7, 11) is 0. The van der Waals surface area contributed by atoms with Crippen molar-refractivity contribution in [3.05, 3.63) is 23.8 Å². The fourth-order valence-corrected chi connectivity index (χ4v) is 3.09. The van der Waals surface area contributed by atoms with Gasteiger partial charge in [0, 0.05) is 0 Å². The topological polar surface area (TPSA) is 75.6 Å². The number of fused-ring (bicyclic) bond motifs is 1. The molecule has 0 saturated heterocycles. The molecule has 106 valence electrons. The molecule has 5 heteroatoms. The van der Waals surface area contributed by atoms with Gasteiger partial charge in [0.2, 0.25) is 5.91 Å². The molecule has 0 bridgehead atoms. The predicted molar refractivity (Wildman–Crippen MR) is 73.0 cm³/mol. The molecular weight excluding hydrogens is 258 g/mol. The van der Waals surface area contributed by atoms with Crippen LogP contribution in [0.3, 0.4) is 0 Å². The smallest absolute Gasteiger partial charge is 0.337 e. The van der Waals surface area contributed by atoms with Crippen LogP contribution >= 0.6 is 0 Å². The van der Waals surface area contributed by atoms with E-state index in [1.165, 1.54) is 6.07 Å². The third-order valence-electron chi connectivity index (χ3n) is 4.29. The zero-order valence-corrected chi connectivity index (χ0v) is 11.1. The number of hydrogen-bond acceptors (Lipinski definition) is 3. The number of nitrogens with one attached hydrogen (secondary N) is 1. The van der Waals surface area contributed by atoms with Crippen molar-refractivity contribution in [2.24, 2.45) is 5.41 Å². The summed E-state index contributed by atoms with van der Waals surface area (Å²) in [5.74, 6) is -0.726. The van der Waals surface area contributed by atoms with Gasteiger partial charge in [-0.05, 0) is 25.0 Å². The summed E-state index contributed by atoms with van der Waals surface area (Å²) in [5.41, 5.74) is -0.149. The first-order valence-corrected chi connectivity index (χ1v) is 6.93. The lowest BCUT2D eigenvalue weighted by atomic mass is 9.74. The number of para-hydroxylation sites is 1. The Morgan fingerprint density at radius 2 is 2.00 bits per heavy atom. The van der Waals surface area contributed by atoms with Gasteiger partial charge in [-0.2, -0.15) is 0 Å². The quantitative estimate of drug-likeness (QED) is 0.826. The number of benzene rings is 1. The largest absolute Gasteiger partial charge is 0.490 e. The molecule has 5 nitrogen and oxygen atoms in total. The van der Waals surface area contributed by atoms with Crippen molar-refractivity contribution in [2.45, 2.75) is 32.1 Å². The molecule has 2 aliphatic rings. The van der Waals surface area contributed by atoms with Crippen LogP contribution in [0.4, 0.5) is 5.69 Å². The van der Waals surface area contributed by atoms with Crippen molar-refractivity contribution in [3.63, 3.8) is 0 Å². The van der Waals surface area contributed by atoms with Gasteiger partial charge >= 0.3 is 5.97 Å². The normalized spacial score (nSPS) is 20.5. The molecule has 0 unspecified atom stereocenters. The molecule has 3 rings (SSSR count). The molecule has 1 spiro atoms. The third kappa shape index (κ3) is 2.03. The Balaban J connectivity index is 1.99. The zero-order valence-electron chi connectivity index (χ0n) is 11.1. The SMILES string of the molecule is O=C(O)c1cccc2c1NC(=O)C1(CCCCC1)CO2. The average Bonchev–Trinajstić information content (AvgIpc) is 2.58. The summed E-state index contributed by atoms with van der Waals surface area (Å²) in [6, 6.07) is 4.81. The van der Waals surface area contributed by atoms with E-state index in [0.717, 1.165) is 32.1 Å². The van der Waals surface area contributed by atoms with Gasteiger partial charge in [0.05, 0.1) is 16.7 Å². The van der Waals surface area contributed by atoms with Crippen molar-refractivity contribution in [1.29, 1.82) is 0 Å². The fraction of sp³-hybridized carbons (Fsp3) is 0.467. The lowest BCUT2D eigenvalue weighted by Crippen LogP contribution is -2.41. The molecule has 0 atom stereocenters. The van der Waals surface area contributed by atoms with Gasteiger partial charge in [-0.15, -0.1) is 0 Å². The molecular formula is C15H17NO4. The average molecular weight is 275 g/mol. The molecule has 1 saturated carbocycles. The maximum Gasteiger partial charge on any atom is 0.337 e. The molecule has 20 heavy (non-hydrogen) atoms. The van der Waals surface area contributed by atoms with E-state index in [4.69, 9.17) is 4.74 Å². The number of carbonyl (C=O) groups is 2. The minimum absolute atomic E-state index is 0.0729. The van der Waals surface area contributed by atoms with Gasteiger partial charge < -0.3 is 15.2 Å². The molecule has 0 aromatic heterocycles. The Kier molecular flexibility index (Phi) is 3.12. The van der Waals surface area contributed by atoms with Crippen LogP contribution in [0.5, 0.6) is 5.75 Å². The molecule has 1 aliphatic carbocycles. The predicted octanol–water partition coefficient (Wildman–Crippen LogP) is 2.67. The molecule has 0 radical (unpaired) electrons. The number of aromatic carboxylic acids is 1. The maximum atomic E-state index is 12.5. The highest BCUT2D eigenvalue weighted by Gasteiger charge is 2.43. The van der Waals surface area contributed by atoms with Crippen molar-refractivity contribution < 1.29 is 19.4 Å². The van der Waals surface area contributed by atoms with Crippen LogP contribution in [0.2, 0.25) is 0 Å². The molecule has 2 N–H and O–H groups in total. The second-order valence-corrected chi connectivity index (χ2v) is 5.57. The summed E-state index contributed by atoms with van der Waals surface area (Å²) in [6.07, 6.45) is 4.77. The monoisotopic (exact) mass is 275 g/mol. The molecule has 1 fully saturated rings. The Morgan fingerprint density at radius 1 is 1.25 bits per heavy atom. The van der Waals surface area contributed by atoms with Gasteiger partial charge in [0.25, 0.3) is 0 Å². The third-order valence-corrected chi connectivity index (χ3v) is 4.29. The number of hydrogen-bond donors (Lipinski definition) is 2. The second-order valence-electron chi connectivity index (χ2n) is 5.57. The van der Waals surface area contributed by atoms with Crippen LogP contribution in [0.1, 0.15) is 42.5 Å². The number of carbonyl (C=O) groups excluding carboxylic acids is 1. The van der Waals surface area contributed by atoms with Gasteiger partial charge in [0.15, 0.2) is 0 Å². The van der Waals surface area contributed by atoms with Crippen LogP contribution in [-0.2, 0) is 4.79 Å². The van der Waals surface area contributed by atoms with E-state index in [2.05, 4.69) is 5.32 Å². The highest BCUT2D eigenvalue weighted by molar-refractivity contribution is 6.04. The van der Waals surface area contributed by atoms with Crippen LogP contribution in [0.25, 0.3) is 0 Å². The zero-order chi connectivity index (χ0) is 14.2. The van der Waals surface area contributed by atoms with Gasteiger partial charge in [-0.25, -0.2) is 4.79 Å². The van der Waals surface area contributed by atoms with Crippen LogP contribution in [0, 0.1) is 5.41 Å². The molecule has 1 aromatic rings. The van der Waals surface area contributed by atoms with E-state index in [0.29, 0.717) is 12.4 Å². The lowest BCUT2D eigenvalue weighted by molar-refractivity contribution is -0.128. The Labute approximate surface area is 116 Å². The van der Waals surface area contributed by atoms with Crippen molar-refractivity contribution in [3.8, 4) is 5.75 Å². The minimum Gasteiger partial charge on any atom is -0.490 e. The molecule has 1 aliphatic heterocycles. The summed E-state index contributed by atoms with van der Waals surface area (Å²) in [4.78, 5) is 23.8. The first-order valence-electron chi connectivity index (χ1n) is 6.93. The first-order chi connectivity index (χ1) is 9.62. The highest BCUT2D eigenvalue weighted by Crippen LogP contribution is 2.42. The van der Waals surface area contributed by atoms with Crippen LogP contribution < -0.4 is 10.1 Å².